The van der Waals surface area contributed by atoms with Gasteiger partial charge in [-0.25, -0.2) is 15.0 Å². The van der Waals surface area contributed by atoms with Crippen molar-refractivity contribution < 1.29 is 5.11 Å². The predicted molar refractivity (Wildman–Crippen MR) is 118 cm³/mol. The maximum atomic E-state index is 9.99. The van der Waals surface area contributed by atoms with Crippen LogP contribution in [-0.2, 0) is 0 Å². The fraction of sp³-hybridized carbons (Fsp3) is 0.130. The van der Waals surface area contributed by atoms with Gasteiger partial charge in [0, 0.05) is 36.3 Å². The van der Waals surface area contributed by atoms with Crippen molar-refractivity contribution in [1.29, 1.82) is 0 Å². The molecule has 0 fully saturated rings. The zero-order valence-electron chi connectivity index (χ0n) is 16.8. The summed E-state index contributed by atoms with van der Waals surface area (Å²) < 4.78 is 0. The maximum absolute atomic E-state index is 9.99. The Morgan fingerprint density at radius 1 is 0.833 bits per heavy atom. The Kier molecular flexibility index (Phi) is 5.63. The maximum Gasteiger partial charge on any atom is 0.229 e. The third-order valence-electron chi connectivity index (χ3n) is 4.66. The van der Waals surface area contributed by atoms with E-state index in [1.165, 1.54) is 0 Å². The zero-order chi connectivity index (χ0) is 20.9. The highest BCUT2D eigenvalue weighted by molar-refractivity contribution is 5.63. The normalized spacial score (nSPS) is 11.7. The summed E-state index contributed by atoms with van der Waals surface area (Å²) in [6, 6.07) is 21.0. The van der Waals surface area contributed by atoms with Gasteiger partial charge in [0.15, 0.2) is 5.82 Å². The van der Waals surface area contributed by atoms with E-state index in [1.807, 2.05) is 78.7 Å². The third kappa shape index (κ3) is 4.26. The molecular weight excluding hydrogens is 376 g/mol. The first-order chi connectivity index (χ1) is 14.6. The summed E-state index contributed by atoms with van der Waals surface area (Å²) in [7, 11) is 1.90. The number of nitrogens with zero attached hydrogens (tertiary/aromatic N) is 5. The third-order valence-corrected chi connectivity index (χ3v) is 4.66. The number of para-hydroxylation sites is 1. The van der Waals surface area contributed by atoms with Crippen LogP contribution in [-0.4, -0.2) is 32.1 Å². The van der Waals surface area contributed by atoms with Crippen molar-refractivity contribution in [3.8, 4) is 11.4 Å². The fourth-order valence-corrected chi connectivity index (χ4v) is 3.07. The molecule has 150 valence electrons. The number of hydrogen-bond donors (Lipinski definition) is 2. The number of aromatic nitrogens is 4. The fourth-order valence-electron chi connectivity index (χ4n) is 3.07. The summed E-state index contributed by atoms with van der Waals surface area (Å²) in [4.78, 5) is 19.8. The first-order valence-corrected chi connectivity index (χ1v) is 9.61. The van der Waals surface area contributed by atoms with E-state index in [4.69, 9.17) is 0 Å². The van der Waals surface area contributed by atoms with Crippen molar-refractivity contribution in [3.63, 3.8) is 0 Å². The molecule has 1 atom stereocenters. The largest absolute Gasteiger partial charge is 0.389 e. The number of aliphatic hydroxyl groups excluding tert-OH is 1. The lowest BCUT2D eigenvalue weighted by Gasteiger charge is -2.19. The molecule has 7 nitrogen and oxygen atoms in total. The molecule has 0 radical (unpaired) electrons. The quantitative estimate of drug-likeness (QED) is 0.494. The van der Waals surface area contributed by atoms with E-state index < -0.39 is 6.10 Å². The summed E-state index contributed by atoms with van der Waals surface area (Å²) in [5.74, 6) is 2.49. The zero-order valence-corrected chi connectivity index (χ0v) is 16.8. The van der Waals surface area contributed by atoms with Gasteiger partial charge < -0.3 is 15.3 Å². The molecule has 7 heteroatoms. The van der Waals surface area contributed by atoms with E-state index in [1.54, 1.807) is 19.3 Å². The van der Waals surface area contributed by atoms with Crippen LogP contribution in [0.25, 0.3) is 11.4 Å². The van der Waals surface area contributed by atoms with E-state index in [2.05, 4.69) is 25.3 Å². The van der Waals surface area contributed by atoms with Crippen LogP contribution in [0.4, 0.5) is 23.3 Å². The number of anilines is 4. The van der Waals surface area contributed by atoms with Gasteiger partial charge in [0.1, 0.15) is 11.6 Å². The van der Waals surface area contributed by atoms with Gasteiger partial charge in [0.05, 0.1) is 6.10 Å². The number of hydrogen-bond acceptors (Lipinski definition) is 7. The van der Waals surface area contributed by atoms with E-state index in [0.29, 0.717) is 17.6 Å². The van der Waals surface area contributed by atoms with Crippen LogP contribution in [0.1, 0.15) is 18.6 Å². The predicted octanol–water partition coefficient (Wildman–Crippen LogP) is 4.50. The molecule has 30 heavy (non-hydrogen) atoms. The van der Waals surface area contributed by atoms with Gasteiger partial charge >= 0.3 is 0 Å². The molecule has 0 saturated heterocycles. The van der Waals surface area contributed by atoms with Crippen LogP contribution >= 0.6 is 0 Å². The second kappa shape index (κ2) is 8.67. The molecule has 0 aliphatic heterocycles. The Labute approximate surface area is 175 Å². The highest BCUT2D eigenvalue weighted by atomic mass is 16.3. The van der Waals surface area contributed by atoms with Crippen molar-refractivity contribution in [3.05, 3.63) is 84.7 Å². The van der Waals surface area contributed by atoms with Gasteiger partial charge in [-0.3, -0.25) is 0 Å². The van der Waals surface area contributed by atoms with Crippen molar-refractivity contribution in [2.24, 2.45) is 0 Å². The molecule has 2 heterocycles. The summed E-state index contributed by atoms with van der Waals surface area (Å²) in [6.45, 7) is 1.73. The molecule has 2 aromatic carbocycles. The Morgan fingerprint density at radius 3 is 2.27 bits per heavy atom. The highest BCUT2D eigenvalue weighted by Crippen LogP contribution is 2.26. The van der Waals surface area contributed by atoms with Crippen LogP contribution < -0.4 is 10.2 Å². The Hall–Kier alpha value is -3.84. The summed E-state index contributed by atoms with van der Waals surface area (Å²) in [5, 5.41) is 13.2. The molecule has 0 amide bonds. The van der Waals surface area contributed by atoms with Crippen molar-refractivity contribution >= 4 is 23.3 Å². The molecular formula is C23H22N6O. The van der Waals surface area contributed by atoms with Gasteiger partial charge in [0.2, 0.25) is 5.95 Å². The topological polar surface area (TPSA) is 87.1 Å². The van der Waals surface area contributed by atoms with Crippen LogP contribution in [0.5, 0.6) is 0 Å². The lowest BCUT2D eigenvalue weighted by Crippen LogP contribution is -2.14. The minimum atomic E-state index is -0.600. The van der Waals surface area contributed by atoms with Gasteiger partial charge in [0.25, 0.3) is 0 Å². The lowest BCUT2D eigenvalue weighted by atomic mass is 10.1. The van der Waals surface area contributed by atoms with Gasteiger partial charge in [-0.05, 0) is 25.1 Å². The minimum Gasteiger partial charge on any atom is -0.389 e. The molecule has 0 saturated carbocycles. The molecule has 4 aromatic rings. The molecule has 2 N–H and O–H groups in total. The first kappa shape index (κ1) is 19.5. The SMILES string of the molecule is C[C@H](O)c1ccccc1Nc1nccc(N(C)c2ccnc(-c3ccccc3)n2)n1. The number of rotatable bonds is 6. The summed E-state index contributed by atoms with van der Waals surface area (Å²) in [5.41, 5.74) is 2.50. The minimum absolute atomic E-state index is 0.435. The smallest absolute Gasteiger partial charge is 0.229 e. The molecule has 0 aliphatic rings. The van der Waals surface area contributed by atoms with Crippen LogP contribution in [0.2, 0.25) is 0 Å². The second-order valence-electron chi connectivity index (χ2n) is 6.79. The van der Waals surface area contributed by atoms with Gasteiger partial charge in [-0.1, -0.05) is 48.5 Å². The monoisotopic (exact) mass is 398 g/mol. The Balaban J connectivity index is 1.60. The van der Waals surface area contributed by atoms with E-state index in [-0.39, 0.29) is 0 Å². The average Bonchev–Trinajstić information content (AvgIpc) is 2.80. The van der Waals surface area contributed by atoms with Gasteiger partial charge in [-0.15, -0.1) is 0 Å². The van der Waals surface area contributed by atoms with E-state index in [0.717, 1.165) is 22.6 Å². The molecule has 0 bridgehead atoms. The van der Waals surface area contributed by atoms with Crippen LogP contribution in [0.3, 0.4) is 0 Å². The number of benzene rings is 2. The summed E-state index contributed by atoms with van der Waals surface area (Å²) >= 11 is 0. The molecule has 2 aromatic heterocycles. The van der Waals surface area contributed by atoms with Crippen molar-refractivity contribution in [1.82, 2.24) is 19.9 Å². The molecule has 0 spiro atoms. The lowest BCUT2D eigenvalue weighted by molar-refractivity contribution is 0.200. The standard InChI is InChI=1S/C23H22N6O/c1-16(30)18-10-6-7-11-19(18)26-23-25-15-13-21(28-23)29(2)20-12-14-24-22(27-20)17-8-4-3-5-9-17/h3-16,30H,1-2H3,(H,25,26,28)/t16-/m0/s1. The second-order valence-corrected chi connectivity index (χ2v) is 6.79. The highest BCUT2D eigenvalue weighted by Gasteiger charge is 2.12. The Bertz CT molecular complexity index is 1130. The van der Waals surface area contributed by atoms with Gasteiger partial charge in [-0.2, -0.15) is 4.98 Å². The van der Waals surface area contributed by atoms with Crippen LogP contribution in [0.15, 0.2) is 79.1 Å². The summed E-state index contributed by atoms with van der Waals surface area (Å²) in [6.07, 6.45) is 2.82. The van der Waals surface area contributed by atoms with Crippen molar-refractivity contribution in [2.45, 2.75) is 13.0 Å². The average molecular weight is 398 g/mol. The van der Waals surface area contributed by atoms with Crippen molar-refractivity contribution in [2.75, 3.05) is 17.3 Å². The number of nitrogens with one attached hydrogen (secondary N) is 1. The molecule has 0 unspecified atom stereocenters. The molecule has 0 aliphatic carbocycles. The van der Waals surface area contributed by atoms with E-state index >= 15 is 0 Å². The first-order valence-electron chi connectivity index (χ1n) is 9.61. The molecule has 4 rings (SSSR count). The van der Waals surface area contributed by atoms with E-state index in [9.17, 15) is 5.11 Å². The number of aliphatic hydroxyl groups is 1. The Morgan fingerprint density at radius 2 is 1.50 bits per heavy atom. The van der Waals surface area contributed by atoms with Crippen LogP contribution in [0, 0.1) is 0 Å².